The van der Waals surface area contributed by atoms with Crippen LogP contribution in [0.5, 0.6) is 40.2 Å². The van der Waals surface area contributed by atoms with E-state index >= 15 is 0 Å². The standard InChI is InChI=1S/C36H30O15/c37-13-25-30(44)32(46)33(47)36(51-25)50-24-12-21(43)26-20(42)11-22(14-1-5-16(38)6-2-14)48-35(26)28(24)29-31(45)27-19(41)9-18(40)10-23(27)49-34(29)15-3-7-17(39)8-4-15/h1-12,25,29-30,32-34,36-41,43-44,46-47H,13H2/t25-,29-,30+,32-,33-,34+,36+/m1/s1. The number of aromatic hydroxyl groups is 5. The molecule has 0 radical (unpaired) electrons. The summed E-state index contributed by atoms with van der Waals surface area (Å²) in [5.41, 5.74) is -1.23. The van der Waals surface area contributed by atoms with E-state index in [0.717, 1.165) is 24.3 Å². The van der Waals surface area contributed by atoms with Crippen molar-refractivity contribution in [2.45, 2.75) is 42.7 Å². The number of fused-ring (bicyclic) bond motifs is 2. The lowest BCUT2D eigenvalue weighted by Gasteiger charge is -2.40. The fourth-order valence-electron chi connectivity index (χ4n) is 6.39. The van der Waals surface area contributed by atoms with Crippen LogP contribution in [0.4, 0.5) is 0 Å². The molecule has 51 heavy (non-hydrogen) atoms. The maximum atomic E-state index is 14.7. The van der Waals surface area contributed by atoms with Crippen molar-refractivity contribution in [3.05, 3.63) is 99.7 Å². The Labute approximate surface area is 286 Å². The van der Waals surface area contributed by atoms with Gasteiger partial charge in [0.05, 0.1) is 18.1 Å². The third-order valence-electron chi connectivity index (χ3n) is 8.91. The SMILES string of the molecule is O=C1c2c(O)cc(O)cc2O[C@@H](c2ccc(O)cc2)[C@@H]1c1c(O[C@H]2O[C@H](CO)[C@H](O)[C@@H](O)[C@H]2O)cc(O)c2c(=O)cc(-c3ccc(O)cc3)oc12. The van der Waals surface area contributed by atoms with Crippen LogP contribution in [0.1, 0.15) is 33.5 Å². The maximum Gasteiger partial charge on any atom is 0.229 e. The first kappa shape index (κ1) is 33.6. The Hall–Kier alpha value is -5.84. The van der Waals surface area contributed by atoms with E-state index in [1.807, 2.05) is 0 Å². The highest BCUT2D eigenvalue weighted by Crippen LogP contribution is 2.52. The first-order valence-electron chi connectivity index (χ1n) is 15.5. The number of ketones is 1. The number of Topliss-reactive ketones (excluding diaryl/α,β-unsaturated/α-hetero) is 1. The molecular formula is C36H30O15. The fraction of sp³-hybridized carbons (Fsp3) is 0.222. The second-order valence-electron chi connectivity index (χ2n) is 12.2. The Bertz CT molecular complexity index is 2190. The van der Waals surface area contributed by atoms with Gasteiger partial charge in [-0.1, -0.05) is 12.1 Å². The molecule has 264 valence electrons. The predicted molar refractivity (Wildman–Crippen MR) is 174 cm³/mol. The summed E-state index contributed by atoms with van der Waals surface area (Å²) in [5.74, 6) is -5.16. The Morgan fingerprint density at radius 1 is 0.725 bits per heavy atom. The van der Waals surface area contributed by atoms with Gasteiger partial charge in [-0.15, -0.1) is 0 Å². The van der Waals surface area contributed by atoms with Crippen LogP contribution in [0.25, 0.3) is 22.3 Å². The highest BCUT2D eigenvalue weighted by atomic mass is 16.7. The molecule has 4 aromatic carbocycles. The van der Waals surface area contributed by atoms with Gasteiger partial charge in [-0.25, -0.2) is 0 Å². The zero-order valence-electron chi connectivity index (χ0n) is 26.2. The van der Waals surface area contributed by atoms with Gasteiger partial charge in [0.2, 0.25) is 6.29 Å². The first-order chi connectivity index (χ1) is 24.4. The van der Waals surface area contributed by atoms with E-state index in [0.29, 0.717) is 5.56 Å². The number of hydrogen-bond acceptors (Lipinski definition) is 15. The van der Waals surface area contributed by atoms with E-state index in [1.165, 1.54) is 48.5 Å². The number of carbonyl (C=O) groups excluding carboxylic acids is 1. The summed E-state index contributed by atoms with van der Waals surface area (Å²) < 4.78 is 24.1. The number of rotatable bonds is 6. The molecule has 0 unspecified atom stereocenters. The van der Waals surface area contributed by atoms with Crippen LogP contribution in [0, 0.1) is 0 Å². The normalized spacial score (nSPS) is 24.5. The van der Waals surface area contributed by atoms with Crippen molar-refractivity contribution in [1.82, 2.24) is 0 Å². The summed E-state index contributed by atoms with van der Waals surface area (Å²) in [6.07, 6.45) is -10.2. The summed E-state index contributed by atoms with van der Waals surface area (Å²) in [5, 5.41) is 93.3. The van der Waals surface area contributed by atoms with Crippen molar-refractivity contribution in [3.63, 3.8) is 0 Å². The maximum absolute atomic E-state index is 14.7. The van der Waals surface area contributed by atoms with E-state index in [1.54, 1.807) is 0 Å². The molecule has 2 aliphatic rings. The number of phenolic OH excluding ortho intramolecular Hbond substituents is 5. The van der Waals surface area contributed by atoms with E-state index in [-0.39, 0.29) is 39.7 Å². The van der Waals surface area contributed by atoms with E-state index < -0.39 is 94.5 Å². The molecule has 0 spiro atoms. The number of carbonyl (C=O) groups is 1. The number of ether oxygens (including phenoxy) is 3. The molecule has 1 aromatic heterocycles. The van der Waals surface area contributed by atoms with Gasteiger partial charge in [-0.05, 0) is 42.0 Å². The number of hydrogen-bond donors (Lipinski definition) is 9. The molecule has 0 saturated carbocycles. The van der Waals surface area contributed by atoms with Crippen molar-refractivity contribution in [3.8, 4) is 51.6 Å². The zero-order chi connectivity index (χ0) is 36.3. The minimum absolute atomic E-state index is 0.0725. The lowest BCUT2D eigenvalue weighted by Crippen LogP contribution is -2.60. The third-order valence-corrected chi connectivity index (χ3v) is 8.91. The van der Waals surface area contributed by atoms with Crippen LogP contribution >= 0.6 is 0 Å². The van der Waals surface area contributed by atoms with E-state index in [9.17, 15) is 55.5 Å². The molecule has 7 rings (SSSR count). The molecule has 0 aliphatic carbocycles. The summed E-state index contributed by atoms with van der Waals surface area (Å²) in [6.45, 7) is -0.799. The predicted octanol–water partition coefficient (Wildman–Crippen LogP) is 2.27. The van der Waals surface area contributed by atoms with Crippen LogP contribution in [0.2, 0.25) is 0 Å². The highest BCUT2D eigenvalue weighted by molar-refractivity contribution is 6.09. The van der Waals surface area contributed by atoms with Gasteiger partial charge in [-0.2, -0.15) is 0 Å². The molecule has 15 nitrogen and oxygen atoms in total. The van der Waals surface area contributed by atoms with Crippen molar-refractivity contribution in [1.29, 1.82) is 0 Å². The highest BCUT2D eigenvalue weighted by Gasteiger charge is 2.48. The lowest BCUT2D eigenvalue weighted by molar-refractivity contribution is -0.277. The Kier molecular flexibility index (Phi) is 8.45. The number of benzene rings is 4. The molecule has 7 atom stereocenters. The summed E-state index contributed by atoms with van der Waals surface area (Å²) in [4.78, 5) is 28.4. The molecule has 1 saturated heterocycles. The van der Waals surface area contributed by atoms with Crippen LogP contribution in [0.3, 0.4) is 0 Å². The monoisotopic (exact) mass is 702 g/mol. The second kappa shape index (κ2) is 12.8. The van der Waals surface area contributed by atoms with Gasteiger partial charge in [-0.3, -0.25) is 9.59 Å². The van der Waals surface area contributed by atoms with Crippen LogP contribution in [-0.2, 0) is 4.74 Å². The van der Waals surface area contributed by atoms with Gasteiger partial charge >= 0.3 is 0 Å². The molecule has 15 heteroatoms. The average molecular weight is 703 g/mol. The lowest BCUT2D eigenvalue weighted by atomic mass is 9.79. The van der Waals surface area contributed by atoms with Crippen LogP contribution < -0.4 is 14.9 Å². The third kappa shape index (κ3) is 5.82. The topological polar surface area (TPSA) is 257 Å². The van der Waals surface area contributed by atoms with Crippen molar-refractivity contribution in [2.24, 2.45) is 0 Å². The molecular weight excluding hydrogens is 672 g/mol. The summed E-state index contributed by atoms with van der Waals surface area (Å²) in [7, 11) is 0. The van der Waals surface area contributed by atoms with Crippen molar-refractivity contribution in [2.75, 3.05) is 6.61 Å². The molecule has 5 aromatic rings. The zero-order valence-corrected chi connectivity index (χ0v) is 26.2. The quantitative estimate of drug-likeness (QED) is 0.123. The Balaban J connectivity index is 1.53. The molecule has 0 amide bonds. The number of phenols is 5. The molecule has 2 aliphatic heterocycles. The van der Waals surface area contributed by atoms with E-state index in [4.69, 9.17) is 18.6 Å². The fourth-order valence-corrected chi connectivity index (χ4v) is 6.39. The largest absolute Gasteiger partial charge is 0.508 e. The summed E-state index contributed by atoms with van der Waals surface area (Å²) >= 11 is 0. The van der Waals surface area contributed by atoms with Gasteiger partial charge in [0.25, 0.3) is 0 Å². The Morgan fingerprint density at radius 3 is 2.06 bits per heavy atom. The molecule has 3 heterocycles. The minimum Gasteiger partial charge on any atom is -0.508 e. The van der Waals surface area contributed by atoms with Crippen LogP contribution in [-0.4, -0.2) is 89.1 Å². The van der Waals surface area contributed by atoms with Gasteiger partial charge < -0.3 is 64.6 Å². The summed E-state index contributed by atoms with van der Waals surface area (Å²) in [6, 6.07) is 15.1. The number of aliphatic hydroxyl groups is 4. The molecule has 9 N–H and O–H groups in total. The van der Waals surface area contributed by atoms with Gasteiger partial charge in [0.1, 0.15) is 93.1 Å². The van der Waals surface area contributed by atoms with Gasteiger partial charge in [0.15, 0.2) is 11.2 Å². The first-order valence-corrected chi connectivity index (χ1v) is 15.5. The van der Waals surface area contributed by atoms with Gasteiger partial charge in [0, 0.05) is 29.8 Å². The average Bonchev–Trinajstić information content (AvgIpc) is 3.09. The molecule has 0 bridgehead atoms. The minimum atomic E-state index is -1.94. The smallest absolute Gasteiger partial charge is 0.229 e. The number of aliphatic hydroxyl groups excluding tert-OH is 4. The van der Waals surface area contributed by atoms with E-state index in [2.05, 4.69) is 0 Å². The molecule has 1 fully saturated rings. The second-order valence-corrected chi connectivity index (χ2v) is 12.2. The van der Waals surface area contributed by atoms with Crippen molar-refractivity contribution < 1.29 is 69.4 Å². The van der Waals surface area contributed by atoms with Crippen LogP contribution in [0.15, 0.2) is 82.0 Å². The van der Waals surface area contributed by atoms with Crippen molar-refractivity contribution >= 4 is 16.8 Å². The Morgan fingerprint density at radius 2 is 1.39 bits per heavy atom.